The van der Waals surface area contributed by atoms with Crippen LogP contribution in [0.4, 0.5) is 0 Å². The smallest absolute Gasteiger partial charge is 0.169 e. The van der Waals surface area contributed by atoms with E-state index in [2.05, 4.69) is 47.8 Å². The van der Waals surface area contributed by atoms with Crippen LogP contribution in [0.2, 0.25) is 0 Å². The predicted octanol–water partition coefficient (Wildman–Crippen LogP) is 1.59. The maximum absolute atomic E-state index is 5.41. The molecule has 0 radical (unpaired) electrons. The third-order valence-electron chi connectivity index (χ3n) is 3.73. The lowest BCUT2D eigenvalue weighted by atomic mass is 10.0. The van der Waals surface area contributed by atoms with Gasteiger partial charge in [-0.25, -0.2) is 0 Å². The normalized spacial score (nSPS) is 23.8. The molecule has 2 heterocycles. The zero-order chi connectivity index (χ0) is 13.3. The Hall–Kier alpha value is -1.10. The number of nitrogens with zero attached hydrogens (tertiary/aromatic N) is 3. The number of piperazine rings is 1. The molecule has 1 saturated heterocycles. The Labute approximate surface area is 115 Å². The molecule has 0 aromatic heterocycles. The van der Waals surface area contributed by atoms with Crippen molar-refractivity contribution in [3.63, 3.8) is 0 Å². The van der Waals surface area contributed by atoms with Gasteiger partial charge in [0.25, 0.3) is 0 Å². The van der Waals surface area contributed by atoms with E-state index in [-0.39, 0.29) is 0 Å². The lowest BCUT2D eigenvalue weighted by Crippen LogP contribution is -2.53. The van der Waals surface area contributed by atoms with Gasteiger partial charge in [0.15, 0.2) is 5.11 Å². The summed E-state index contributed by atoms with van der Waals surface area (Å²) in [6.45, 7) is 12.2. The Balaban J connectivity index is 2.17. The van der Waals surface area contributed by atoms with E-state index in [0.717, 1.165) is 37.1 Å². The van der Waals surface area contributed by atoms with Crippen LogP contribution in [0.5, 0.6) is 0 Å². The molecular weight excluding hydrogens is 244 g/mol. The fraction of sp³-hybridized carbons (Fsp3) is 0.692. The molecule has 2 aliphatic rings. The predicted molar refractivity (Wildman–Crippen MR) is 79.8 cm³/mol. The van der Waals surface area contributed by atoms with Gasteiger partial charge in [0.1, 0.15) is 5.84 Å². The number of aliphatic imine (C=N–C) groups is 1. The summed E-state index contributed by atoms with van der Waals surface area (Å²) in [5.74, 6) is 1.14. The molecule has 1 unspecified atom stereocenters. The minimum Gasteiger partial charge on any atom is -0.363 e. The average Bonchev–Trinajstić information content (AvgIpc) is 2.36. The van der Waals surface area contributed by atoms with E-state index in [1.165, 1.54) is 11.3 Å². The summed E-state index contributed by atoms with van der Waals surface area (Å²) in [5, 5.41) is 4.10. The van der Waals surface area contributed by atoms with Crippen molar-refractivity contribution in [3.05, 3.63) is 11.3 Å². The Morgan fingerprint density at radius 1 is 1.44 bits per heavy atom. The third-order valence-corrected chi connectivity index (χ3v) is 4.13. The van der Waals surface area contributed by atoms with E-state index in [0.29, 0.717) is 6.04 Å². The van der Waals surface area contributed by atoms with Crippen LogP contribution in [0.1, 0.15) is 27.7 Å². The van der Waals surface area contributed by atoms with Gasteiger partial charge in [-0.3, -0.25) is 4.99 Å². The molecule has 100 valence electrons. The molecule has 0 amide bonds. The van der Waals surface area contributed by atoms with Crippen molar-refractivity contribution in [3.8, 4) is 0 Å². The number of nitrogens with one attached hydrogen (secondary N) is 1. The highest BCUT2D eigenvalue weighted by Crippen LogP contribution is 2.25. The Morgan fingerprint density at radius 2 is 2.17 bits per heavy atom. The molecule has 0 spiro atoms. The van der Waals surface area contributed by atoms with Crippen LogP contribution in [0.3, 0.4) is 0 Å². The second-order valence-corrected chi connectivity index (χ2v) is 5.28. The molecule has 0 aromatic rings. The van der Waals surface area contributed by atoms with E-state index < -0.39 is 0 Å². The Bertz CT molecular complexity index is 413. The van der Waals surface area contributed by atoms with Crippen LogP contribution in [-0.2, 0) is 0 Å². The molecule has 2 rings (SSSR count). The number of hydrogen-bond donors (Lipinski definition) is 1. The van der Waals surface area contributed by atoms with Gasteiger partial charge in [-0.1, -0.05) is 0 Å². The van der Waals surface area contributed by atoms with Crippen molar-refractivity contribution in [2.45, 2.75) is 33.7 Å². The Morgan fingerprint density at radius 3 is 2.83 bits per heavy atom. The third kappa shape index (κ3) is 2.36. The largest absolute Gasteiger partial charge is 0.363 e. The number of thiocarbonyl (C=S) groups is 1. The van der Waals surface area contributed by atoms with Crippen molar-refractivity contribution in [2.24, 2.45) is 4.99 Å². The van der Waals surface area contributed by atoms with Gasteiger partial charge in [-0.2, -0.15) is 0 Å². The highest BCUT2D eigenvalue weighted by atomic mass is 32.1. The molecule has 5 heteroatoms. The van der Waals surface area contributed by atoms with E-state index >= 15 is 0 Å². The van der Waals surface area contributed by atoms with Crippen molar-refractivity contribution in [1.29, 1.82) is 0 Å². The topological polar surface area (TPSA) is 30.9 Å². The zero-order valence-electron chi connectivity index (χ0n) is 11.7. The summed E-state index contributed by atoms with van der Waals surface area (Å²) in [5.41, 5.74) is 2.74. The molecule has 0 saturated carbocycles. The van der Waals surface area contributed by atoms with Gasteiger partial charge in [-0.15, -0.1) is 0 Å². The summed E-state index contributed by atoms with van der Waals surface area (Å²) in [4.78, 5) is 9.26. The van der Waals surface area contributed by atoms with Crippen molar-refractivity contribution >= 4 is 23.2 Å². The number of fused-ring (bicyclic) bond motifs is 1. The molecule has 18 heavy (non-hydrogen) atoms. The molecule has 1 fully saturated rings. The minimum atomic E-state index is 0.295. The second-order valence-electron chi connectivity index (χ2n) is 4.89. The van der Waals surface area contributed by atoms with Crippen LogP contribution in [0.15, 0.2) is 16.3 Å². The standard InChI is InChI=1S/C13H22N4S/c1-5-14-13(18)16-6-7-17-11(4)15-10(3)9(2)12(17)8-16/h10H,5-8H2,1-4H3,(H,14,18). The molecule has 0 aliphatic carbocycles. The Kier molecular flexibility index (Phi) is 3.90. The number of hydrogen-bond acceptors (Lipinski definition) is 3. The summed E-state index contributed by atoms with van der Waals surface area (Å²) < 4.78 is 0. The first kappa shape index (κ1) is 13.3. The first-order valence-corrected chi connectivity index (χ1v) is 6.99. The number of rotatable bonds is 1. The van der Waals surface area contributed by atoms with Crippen molar-refractivity contribution < 1.29 is 0 Å². The highest BCUT2D eigenvalue weighted by Gasteiger charge is 2.29. The first-order valence-electron chi connectivity index (χ1n) is 6.59. The van der Waals surface area contributed by atoms with Gasteiger partial charge >= 0.3 is 0 Å². The second kappa shape index (κ2) is 5.26. The fourth-order valence-electron chi connectivity index (χ4n) is 2.52. The highest BCUT2D eigenvalue weighted by molar-refractivity contribution is 7.80. The molecule has 4 nitrogen and oxygen atoms in total. The molecule has 1 N–H and O–H groups in total. The summed E-state index contributed by atoms with van der Waals surface area (Å²) in [6.07, 6.45) is 0. The summed E-state index contributed by atoms with van der Waals surface area (Å²) in [7, 11) is 0. The van der Waals surface area contributed by atoms with Crippen LogP contribution in [-0.4, -0.2) is 53.0 Å². The zero-order valence-corrected chi connectivity index (χ0v) is 12.5. The van der Waals surface area contributed by atoms with Crippen molar-refractivity contribution in [1.82, 2.24) is 15.1 Å². The van der Waals surface area contributed by atoms with Gasteiger partial charge in [-0.05, 0) is 45.5 Å². The summed E-state index contributed by atoms with van der Waals surface area (Å²) >= 11 is 5.41. The average molecular weight is 266 g/mol. The van der Waals surface area contributed by atoms with E-state index in [4.69, 9.17) is 12.2 Å². The van der Waals surface area contributed by atoms with E-state index in [9.17, 15) is 0 Å². The van der Waals surface area contributed by atoms with Crippen LogP contribution >= 0.6 is 12.2 Å². The monoisotopic (exact) mass is 266 g/mol. The molecule has 1 atom stereocenters. The van der Waals surface area contributed by atoms with Gasteiger partial charge in [0, 0.05) is 25.3 Å². The molecule has 2 aliphatic heterocycles. The quantitative estimate of drug-likeness (QED) is 0.730. The van der Waals surface area contributed by atoms with E-state index in [1.54, 1.807) is 0 Å². The molecule has 0 bridgehead atoms. The van der Waals surface area contributed by atoms with Crippen LogP contribution in [0.25, 0.3) is 0 Å². The first-order chi connectivity index (χ1) is 8.54. The fourth-order valence-corrected chi connectivity index (χ4v) is 2.82. The van der Waals surface area contributed by atoms with Crippen molar-refractivity contribution in [2.75, 3.05) is 26.2 Å². The molecule has 0 aromatic carbocycles. The number of amidine groups is 1. The van der Waals surface area contributed by atoms with Crippen LogP contribution in [0, 0.1) is 0 Å². The minimum absolute atomic E-state index is 0.295. The summed E-state index contributed by atoms with van der Waals surface area (Å²) in [6, 6.07) is 0.295. The maximum Gasteiger partial charge on any atom is 0.169 e. The van der Waals surface area contributed by atoms with E-state index in [1.807, 2.05) is 0 Å². The lowest BCUT2D eigenvalue weighted by molar-refractivity contribution is 0.298. The SMILES string of the molecule is CCNC(=S)N1CCN2C(C)=NC(C)C(C)=C2C1. The van der Waals surface area contributed by atoms with Gasteiger partial charge < -0.3 is 15.1 Å². The van der Waals surface area contributed by atoms with Crippen LogP contribution < -0.4 is 5.32 Å². The molecular formula is C13H22N4S. The van der Waals surface area contributed by atoms with Gasteiger partial charge in [0.2, 0.25) is 0 Å². The maximum atomic E-state index is 5.41. The lowest BCUT2D eigenvalue weighted by Gasteiger charge is -2.42. The van der Waals surface area contributed by atoms with Gasteiger partial charge in [0.05, 0.1) is 12.6 Å².